The van der Waals surface area contributed by atoms with Crippen LogP contribution >= 0.6 is 11.3 Å². The van der Waals surface area contributed by atoms with Crippen LogP contribution in [0.3, 0.4) is 0 Å². The maximum atomic E-state index is 14.3. The van der Waals surface area contributed by atoms with E-state index >= 15 is 0 Å². The summed E-state index contributed by atoms with van der Waals surface area (Å²) in [4.78, 5) is 82.5. The van der Waals surface area contributed by atoms with Gasteiger partial charge in [-0.3, -0.25) is 24.0 Å². The fourth-order valence-electron chi connectivity index (χ4n) is 6.74. The number of carbonyl (C=O) groups is 6. The average molecular weight is 642 g/mol. The summed E-state index contributed by atoms with van der Waals surface area (Å²) in [5, 5.41) is 7.43. The lowest BCUT2D eigenvalue weighted by atomic mass is 9.83. The Morgan fingerprint density at radius 2 is 1.80 bits per heavy atom. The lowest BCUT2D eigenvalue weighted by molar-refractivity contribution is -0.144. The standard InChI is InChI=1S/C35H51N3O6S/c1-10-12-15-23(39)29(41)21(14-11-2)18-24(40)28-26-22(35(26,8)9)19-38(28)32(43)31(34(5,6)7)37-33(44)36-27(20(3)4)30(42)25-16-13-17-45-25/h10,13,16-17,20-22,26-28,31H,1,11-12,14-15,18-19H2,2-9H3,(H2,36,37,44)/t21?,22-,26-,27-,28+,31+/m0/s1. The van der Waals surface area contributed by atoms with E-state index in [4.69, 9.17) is 0 Å². The second-order valence-corrected chi connectivity index (χ2v) is 15.6. The number of fused-ring (bicyclic) bond motifs is 1. The number of hydrogen-bond donors (Lipinski definition) is 2. The Bertz CT molecular complexity index is 1290. The SMILES string of the molecule is C=CCCC(=O)C(=O)C(CCC)CC(=O)[C@@H]1[C@@H]2[C@H](CN1C(=O)[C@@H](NC(=O)N[C@H](C(=O)c1cccs1)C(C)C)C(C)(C)C)C2(C)C. The maximum absolute atomic E-state index is 14.3. The highest BCUT2D eigenvalue weighted by Gasteiger charge is 2.69. The summed E-state index contributed by atoms with van der Waals surface area (Å²) in [7, 11) is 0. The van der Waals surface area contributed by atoms with Crippen LogP contribution in [-0.4, -0.2) is 64.6 Å². The van der Waals surface area contributed by atoms with E-state index < -0.39 is 47.1 Å². The summed E-state index contributed by atoms with van der Waals surface area (Å²) in [5.74, 6) is -2.67. The summed E-state index contributed by atoms with van der Waals surface area (Å²) >= 11 is 1.31. The number of ketones is 4. The molecule has 0 bridgehead atoms. The van der Waals surface area contributed by atoms with Crippen molar-refractivity contribution in [2.75, 3.05) is 6.54 Å². The van der Waals surface area contributed by atoms with Crippen LogP contribution in [0, 0.1) is 34.5 Å². The second-order valence-electron chi connectivity index (χ2n) is 14.6. The molecule has 0 aromatic carbocycles. The van der Waals surface area contributed by atoms with E-state index in [0.717, 1.165) is 0 Å². The Hall–Kier alpha value is -3.14. The number of rotatable bonds is 16. The van der Waals surface area contributed by atoms with Gasteiger partial charge in [0.15, 0.2) is 17.3 Å². The summed E-state index contributed by atoms with van der Waals surface area (Å²) in [5.41, 5.74) is -0.858. The van der Waals surface area contributed by atoms with Gasteiger partial charge in [0.1, 0.15) is 6.04 Å². The Balaban J connectivity index is 1.82. The molecule has 1 unspecified atom stereocenters. The minimum absolute atomic E-state index is 0.0639. The number of allylic oxidation sites excluding steroid dienone is 1. The van der Waals surface area contributed by atoms with Gasteiger partial charge in [-0.15, -0.1) is 17.9 Å². The number of piperidine rings is 1. The highest BCUT2D eigenvalue weighted by atomic mass is 32.1. The van der Waals surface area contributed by atoms with E-state index in [2.05, 4.69) is 31.1 Å². The van der Waals surface area contributed by atoms with Gasteiger partial charge < -0.3 is 15.5 Å². The molecule has 9 nitrogen and oxygen atoms in total. The van der Waals surface area contributed by atoms with E-state index in [1.807, 2.05) is 41.5 Å². The molecule has 10 heteroatoms. The molecule has 2 aliphatic rings. The molecule has 3 rings (SSSR count). The van der Waals surface area contributed by atoms with Crippen LogP contribution in [-0.2, 0) is 19.2 Å². The van der Waals surface area contributed by atoms with Crippen molar-refractivity contribution >= 4 is 46.4 Å². The minimum atomic E-state index is -0.980. The summed E-state index contributed by atoms with van der Waals surface area (Å²) in [6.45, 7) is 19.3. The van der Waals surface area contributed by atoms with E-state index in [9.17, 15) is 28.8 Å². The number of Topliss-reactive ketones (excluding diaryl/α,β-unsaturated/α-hetero) is 4. The van der Waals surface area contributed by atoms with Crippen molar-refractivity contribution in [2.24, 2.45) is 34.5 Å². The van der Waals surface area contributed by atoms with Gasteiger partial charge in [0.05, 0.1) is 17.0 Å². The van der Waals surface area contributed by atoms with Crippen molar-refractivity contribution in [3.63, 3.8) is 0 Å². The molecule has 2 heterocycles. The number of amides is 3. The molecule has 248 valence electrons. The van der Waals surface area contributed by atoms with Gasteiger partial charge in [0, 0.05) is 25.3 Å². The molecule has 0 radical (unpaired) electrons. The number of nitrogens with zero attached hydrogens (tertiary/aromatic N) is 1. The van der Waals surface area contributed by atoms with Crippen molar-refractivity contribution in [3.05, 3.63) is 35.0 Å². The lowest BCUT2D eigenvalue weighted by Crippen LogP contribution is -2.61. The zero-order valence-electron chi connectivity index (χ0n) is 28.1. The molecule has 1 saturated heterocycles. The van der Waals surface area contributed by atoms with E-state index in [1.165, 1.54) is 11.3 Å². The highest BCUT2D eigenvalue weighted by molar-refractivity contribution is 7.12. The van der Waals surface area contributed by atoms with Gasteiger partial charge in [0.2, 0.25) is 11.7 Å². The first kappa shape index (κ1) is 36.3. The number of thiophene rings is 1. The molecule has 0 spiro atoms. The zero-order chi connectivity index (χ0) is 33.9. The number of hydrogen-bond acceptors (Lipinski definition) is 7. The highest BCUT2D eigenvalue weighted by Crippen LogP contribution is 2.65. The molecule has 2 fully saturated rings. The minimum Gasteiger partial charge on any atom is -0.330 e. The number of carbonyl (C=O) groups excluding carboxylic acids is 6. The van der Waals surface area contributed by atoms with Crippen LogP contribution in [0.25, 0.3) is 0 Å². The summed E-state index contributed by atoms with van der Waals surface area (Å²) in [6.07, 6.45) is 3.01. The molecular formula is C35H51N3O6S. The summed E-state index contributed by atoms with van der Waals surface area (Å²) < 4.78 is 0. The van der Waals surface area contributed by atoms with Gasteiger partial charge in [-0.1, -0.05) is 74.0 Å². The smallest absolute Gasteiger partial charge is 0.316 e. The maximum Gasteiger partial charge on any atom is 0.316 e. The molecule has 6 atom stereocenters. The monoisotopic (exact) mass is 641 g/mol. The zero-order valence-corrected chi connectivity index (χ0v) is 28.9. The molecule has 1 aliphatic heterocycles. The van der Waals surface area contributed by atoms with Gasteiger partial charge >= 0.3 is 6.03 Å². The Morgan fingerprint density at radius 3 is 2.33 bits per heavy atom. The van der Waals surface area contributed by atoms with Crippen LogP contribution < -0.4 is 10.6 Å². The normalized spacial score (nSPS) is 22.2. The lowest BCUT2D eigenvalue weighted by Gasteiger charge is -2.38. The number of urea groups is 1. The Kier molecular flexibility index (Phi) is 11.7. The van der Waals surface area contributed by atoms with Crippen LogP contribution in [0.1, 0.15) is 97.2 Å². The largest absolute Gasteiger partial charge is 0.330 e. The van der Waals surface area contributed by atoms with Crippen LogP contribution in [0.2, 0.25) is 0 Å². The quantitative estimate of drug-likeness (QED) is 0.137. The molecule has 1 saturated carbocycles. The Labute approximate surface area is 272 Å². The van der Waals surface area contributed by atoms with Gasteiger partial charge in [0.25, 0.3) is 0 Å². The third-order valence-corrected chi connectivity index (χ3v) is 10.4. The third kappa shape index (κ3) is 8.18. The predicted molar refractivity (Wildman–Crippen MR) is 176 cm³/mol. The number of likely N-dealkylation sites (tertiary alicyclic amines) is 1. The van der Waals surface area contributed by atoms with Crippen LogP contribution in [0.5, 0.6) is 0 Å². The van der Waals surface area contributed by atoms with Crippen molar-refractivity contribution in [1.29, 1.82) is 0 Å². The average Bonchev–Trinajstić information content (AvgIpc) is 3.42. The van der Waals surface area contributed by atoms with Crippen LogP contribution in [0.4, 0.5) is 4.79 Å². The topological polar surface area (TPSA) is 130 Å². The third-order valence-electron chi connectivity index (χ3n) is 9.52. The second kappa shape index (κ2) is 14.5. The fraction of sp³-hybridized carbons (Fsp3) is 0.657. The van der Waals surface area contributed by atoms with E-state index in [0.29, 0.717) is 30.7 Å². The van der Waals surface area contributed by atoms with Gasteiger partial charge in [-0.25, -0.2) is 4.79 Å². The number of nitrogens with one attached hydrogen (secondary N) is 2. The predicted octanol–water partition coefficient (Wildman–Crippen LogP) is 5.63. The molecular weight excluding hydrogens is 590 g/mol. The first-order valence-corrected chi connectivity index (χ1v) is 17.0. The van der Waals surface area contributed by atoms with Gasteiger partial charge in [-0.2, -0.15) is 0 Å². The first-order chi connectivity index (χ1) is 21.0. The molecule has 2 N–H and O–H groups in total. The molecule has 3 amide bonds. The van der Waals surface area contributed by atoms with E-state index in [-0.39, 0.29) is 53.5 Å². The van der Waals surface area contributed by atoms with Crippen molar-refractivity contribution in [1.82, 2.24) is 15.5 Å². The Morgan fingerprint density at radius 1 is 1.13 bits per heavy atom. The molecule has 1 aromatic heterocycles. The van der Waals surface area contributed by atoms with Crippen molar-refractivity contribution in [2.45, 2.75) is 106 Å². The molecule has 1 aliphatic carbocycles. The molecule has 1 aromatic rings. The van der Waals surface area contributed by atoms with Crippen molar-refractivity contribution < 1.29 is 28.8 Å². The molecule has 45 heavy (non-hydrogen) atoms. The van der Waals surface area contributed by atoms with Crippen LogP contribution in [0.15, 0.2) is 30.2 Å². The van der Waals surface area contributed by atoms with E-state index in [1.54, 1.807) is 28.5 Å². The summed E-state index contributed by atoms with van der Waals surface area (Å²) in [6, 6.07) is 0.362. The fourth-order valence-corrected chi connectivity index (χ4v) is 7.44. The first-order valence-electron chi connectivity index (χ1n) is 16.1. The van der Waals surface area contributed by atoms with Gasteiger partial charge in [-0.05, 0) is 52.9 Å². The van der Waals surface area contributed by atoms with Crippen molar-refractivity contribution in [3.8, 4) is 0 Å².